The number of hydrogen-bond acceptors (Lipinski definition) is 0. The average molecular weight is 123 g/mol. The van der Waals surface area contributed by atoms with E-state index in [0.717, 1.165) is 18.9 Å². The third-order valence-electron chi connectivity index (χ3n) is 2.11. The van der Waals surface area contributed by atoms with Crippen molar-refractivity contribution in [3.05, 3.63) is 11.4 Å². The highest BCUT2D eigenvalue weighted by molar-refractivity contribution is 4.71. The summed E-state index contributed by atoms with van der Waals surface area (Å²) < 4.78 is 0. The average Bonchev–Trinajstić information content (AvgIpc) is 1.76. The Kier molecular flexibility index (Phi) is 2.57. The van der Waals surface area contributed by atoms with E-state index >= 15 is 0 Å². The van der Waals surface area contributed by atoms with Crippen LogP contribution in [0.5, 0.6) is 0 Å². The van der Waals surface area contributed by atoms with Gasteiger partial charge in [-0.3, -0.25) is 0 Å². The second-order valence-electron chi connectivity index (χ2n) is 2.82. The summed E-state index contributed by atoms with van der Waals surface area (Å²) in [5.74, 6) is 0.992. The molecular weight excluding hydrogens is 110 g/mol. The zero-order valence-corrected chi connectivity index (χ0v) is 5.77. The highest BCUT2D eigenvalue weighted by Gasteiger charge is 2.16. The normalized spacial score (nSPS) is 18.6. The molecule has 0 N–H and O–H groups in total. The molecule has 1 fully saturated rings. The lowest BCUT2D eigenvalue weighted by molar-refractivity contribution is 0.293. The van der Waals surface area contributed by atoms with Crippen LogP contribution in [0.2, 0.25) is 0 Å². The van der Waals surface area contributed by atoms with E-state index in [1.807, 2.05) is 0 Å². The van der Waals surface area contributed by atoms with Gasteiger partial charge in [-0.1, -0.05) is 19.3 Å². The molecule has 1 aliphatic carbocycles. The van der Waals surface area contributed by atoms with Crippen LogP contribution < -0.4 is 0 Å². The number of hydrogen-bond donors (Lipinski definition) is 0. The van der Waals surface area contributed by atoms with Crippen LogP contribution in [0.4, 0.5) is 0 Å². The van der Waals surface area contributed by atoms with Crippen molar-refractivity contribution < 1.29 is 0 Å². The standard InChI is InChI=1S/C8H13N/c1-9-7-3-6-8-4-2-5-8/h8H,2-7H2. The number of rotatable bonds is 3. The molecule has 0 aliphatic heterocycles. The first-order valence-electron chi connectivity index (χ1n) is 3.76. The summed E-state index contributed by atoms with van der Waals surface area (Å²) in [6.07, 6.45) is 6.73. The lowest BCUT2D eigenvalue weighted by Crippen LogP contribution is -2.10. The van der Waals surface area contributed by atoms with E-state index in [2.05, 4.69) is 4.85 Å². The minimum absolute atomic E-state index is 0.747. The van der Waals surface area contributed by atoms with Gasteiger partial charge in [0.25, 0.3) is 0 Å². The van der Waals surface area contributed by atoms with E-state index in [1.54, 1.807) is 0 Å². The molecule has 9 heavy (non-hydrogen) atoms. The van der Waals surface area contributed by atoms with E-state index < -0.39 is 0 Å². The van der Waals surface area contributed by atoms with Crippen molar-refractivity contribution in [1.82, 2.24) is 0 Å². The van der Waals surface area contributed by atoms with Crippen molar-refractivity contribution in [2.45, 2.75) is 32.1 Å². The lowest BCUT2D eigenvalue weighted by atomic mass is 9.82. The van der Waals surface area contributed by atoms with Gasteiger partial charge in [-0.2, -0.15) is 0 Å². The van der Waals surface area contributed by atoms with E-state index in [9.17, 15) is 0 Å². The van der Waals surface area contributed by atoms with Crippen molar-refractivity contribution >= 4 is 0 Å². The highest BCUT2D eigenvalue weighted by atomic mass is 14.6. The molecule has 1 nitrogen and oxygen atoms in total. The minimum Gasteiger partial charge on any atom is -0.317 e. The molecule has 0 aromatic rings. The molecule has 0 amide bonds. The molecule has 0 radical (unpaired) electrons. The lowest BCUT2D eigenvalue weighted by Gasteiger charge is -2.23. The monoisotopic (exact) mass is 123 g/mol. The van der Waals surface area contributed by atoms with Crippen LogP contribution in [0.25, 0.3) is 4.85 Å². The van der Waals surface area contributed by atoms with Crippen molar-refractivity contribution in [2.24, 2.45) is 5.92 Å². The predicted molar refractivity (Wildman–Crippen MR) is 38.0 cm³/mol. The summed E-state index contributed by atoms with van der Waals surface area (Å²) in [5.41, 5.74) is 0. The molecule has 0 unspecified atom stereocenters. The molecule has 50 valence electrons. The van der Waals surface area contributed by atoms with Gasteiger partial charge in [-0.05, 0) is 12.3 Å². The quantitative estimate of drug-likeness (QED) is 0.401. The summed E-state index contributed by atoms with van der Waals surface area (Å²) in [6.45, 7) is 7.29. The molecule has 1 rings (SSSR count). The van der Waals surface area contributed by atoms with Crippen LogP contribution in [0, 0.1) is 12.5 Å². The molecule has 0 atom stereocenters. The zero-order valence-electron chi connectivity index (χ0n) is 5.77. The van der Waals surface area contributed by atoms with Gasteiger partial charge in [0.15, 0.2) is 0 Å². The Morgan fingerprint density at radius 1 is 1.44 bits per heavy atom. The second kappa shape index (κ2) is 3.50. The van der Waals surface area contributed by atoms with Crippen LogP contribution in [0.3, 0.4) is 0 Å². The molecule has 1 heteroatoms. The maximum atomic E-state index is 6.55. The molecule has 1 saturated carbocycles. The summed E-state index contributed by atoms with van der Waals surface area (Å²) >= 11 is 0. The van der Waals surface area contributed by atoms with Crippen LogP contribution >= 0.6 is 0 Å². The van der Waals surface area contributed by atoms with Crippen molar-refractivity contribution in [3.8, 4) is 0 Å². The maximum Gasteiger partial charge on any atom is 0.214 e. The molecule has 0 saturated heterocycles. The van der Waals surface area contributed by atoms with E-state index in [-0.39, 0.29) is 0 Å². The summed E-state index contributed by atoms with van der Waals surface area (Å²) in [5, 5.41) is 0. The van der Waals surface area contributed by atoms with E-state index in [0.29, 0.717) is 0 Å². The molecule has 1 aliphatic rings. The fraction of sp³-hybridized carbons (Fsp3) is 0.875. The first-order valence-corrected chi connectivity index (χ1v) is 3.76. The minimum atomic E-state index is 0.747. The Labute approximate surface area is 56.9 Å². The van der Waals surface area contributed by atoms with Gasteiger partial charge in [0.2, 0.25) is 6.54 Å². The van der Waals surface area contributed by atoms with Gasteiger partial charge in [-0.15, -0.1) is 0 Å². The highest BCUT2D eigenvalue weighted by Crippen LogP contribution is 2.30. The van der Waals surface area contributed by atoms with Gasteiger partial charge in [0, 0.05) is 6.42 Å². The summed E-state index contributed by atoms with van der Waals surface area (Å²) in [6, 6.07) is 0. The topological polar surface area (TPSA) is 4.36 Å². The van der Waals surface area contributed by atoms with Gasteiger partial charge in [0.1, 0.15) is 0 Å². The maximum absolute atomic E-state index is 6.55. The van der Waals surface area contributed by atoms with Crippen molar-refractivity contribution in [3.63, 3.8) is 0 Å². The Balaban J connectivity index is 1.87. The predicted octanol–water partition coefficient (Wildman–Crippen LogP) is 2.49. The number of nitrogens with zero attached hydrogens (tertiary/aromatic N) is 1. The molecule has 0 bridgehead atoms. The first-order chi connectivity index (χ1) is 4.43. The smallest absolute Gasteiger partial charge is 0.214 e. The van der Waals surface area contributed by atoms with Gasteiger partial charge < -0.3 is 4.85 Å². The van der Waals surface area contributed by atoms with Crippen molar-refractivity contribution in [2.75, 3.05) is 6.54 Å². The molecule has 0 spiro atoms. The van der Waals surface area contributed by atoms with Crippen LogP contribution in [-0.2, 0) is 0 Å². The Morgan fingerprint density at radius 2 is 2.22 bits per heavy atom. The van der Waals surface area contributed by atoms with Crippen LogP contribution in [-0.4, -0.2) is 6.54 Å². The fourth-order valence-electron chi connectivity index (χ4n) is 1.24. The summed E-state index contributed by atoms with van der Waals surface area (Å²) in [4.78, 5) is 3.32. The molecule has 0 aromatic carbocycles. The van der Waals surface area contributed by atoms with Crippen LogP contribution in [0.1, 0.15) is 32.1 Å². The van der Waals surface area contributed by atoms with E-state index in [4.69, 9.17) is 6.57 Å². The van der Waals surface area contributed by atoms with Gasteiger partial charge in [0.05, 0.1) is 0 Å². The fourth-order valence-corrected chi connectivity index (χ4v) is 1.24. The largest absolute Gasteiger partial charge is 0.317 e. The first kappa shape index (κ1) is 6.61. The molecule has 0 heterocycles. The third-order valence-corrected chi connectivity index (χ3v) is 2.11. The zero-order chi connectivity index (χ0) is 6.53. The Bertz CT molecular complexity index is 108. The Hall–Kier alpha value is -0.510. The molecular formula is C8H13N. The molecule has 0 aromatic heterocycles. The second-order valence-corrected chi connectivity index (χ2v) is 2.82. The third kappa shape index (κ3) is 2.05. The van der Waals surface area contributed by atoms with Crippen LogP contribution in [0.15, 0.2) is 0 Å². The van der Waals surface area contributed by atoms with Gasteiger partial charge in [-0.25, -0.2) is 6.57 Å². The SMILES string of the molecule is [C-]#[N+]CCCC1CCC1. The van der Waals surface area contributed by atoms with E-state index in [1.165, 1.54) is 25.7 Å². The van der Waals surface area contributed by atoms with Crippen molar-refractivity contribution in [1.29, 1.82) is 0 Å². The van der Waals surface area contributed by atoms with Gasteiger partial charge >= 0.3 is 0 Å². The Morgan fingerprint density at radius 3 is 2.67 bits per heavy atom. The summed E-state index contributed by atoms with van der Waals surface area (Å²) in [7, 11) is 0.